The molecule has 5 nitrogen and oxygen atoms in total. The van der Waals surface area contributed by atoms with Gasteiger partial charge < -0.3 is 5.11 Å². The van der Waals surface area contributed by atoms with Gasteiger partial charge in [-0.15, -0.1) is 0 Å². The Morgan fingerprint density at radius 2 is 2.29 bits per heavy atom. The minimum absolute atomic E-state index is 0.468. The van der Waals surface area contributed by atoms with Gasteiger partial charge in [0.1, 0.15) is 6.04 Å². The van der Waals surface area contributed by atoms with Crippen LogP contribution in [0.2, 0.25) is 0 Å². The van der Waals surface area contributed by atoms with E-state index < -0.39 is 12.0 Å². The Labute approximate surface area is 102 Å². The number of carboxylic acid groups (broad SMARTS) is 1. The molecule has 0 aliphatic carbocycles. The maximum Gasteiger partial charge on any atom is 0.320 e. The number of nitrogens with one attached hydrogen (secondary N) is 1. The Hall–Kier alpha value is -1.36. The molecule has 0 aliphatic rings. The first-order valence-corrected chi connectivity index (χ1v) is 6.15. The summed E-state index contributed by atoms with van der Waals surface area (Å²) in [5.74, 6) is -0.784. The average Bonchev–Trinajstić information content (AvgIpc) is 2.72. The predicted octanol–water partition coefficient (Wildman–Crippen LogP) is 1.64. The molecule has 0 aromatic carbocycles. The summed E-state index contributed by atoms with van der Waals surface area (Å²) in [4.78, 5) is 11.0. The van der Waals surface area contributed by atoms with Crippen molar-refractivity contribution in [3.8, 4) is 0 Å². The third-order valence-corrected chi connectivity index (χ3v) is 2.64. The van der Waals surface area contributed by atoms with Crippen molar-refractivity contribution < 1.29 is 9.90 Å². The summed E-state index contributed by atoms with van der Waals surface area (Å²) in [6.07, 6.45) is 4.28. The van der Waals surface area contributed by atoms with Crippen LogP contribution in [-0.4, -0.2) is 26.9 Å². The molecule has 1 aromatic heterocycles. The van der Waals surface area contributed by atoms with E-state index in [0.29, 0.717) is 13.0 Å². The monoisotopic (exact) mass is 239 g/mol. The second-order valence-electron chi connectivity index (χ2n) is 4.11. The summed E-state index contributed by atoms with van der Waals surface area (Å²) in [6.45, 7) is 5.50. The number of carbonyl (C=O) groups is 1. The smallest absolute Gasteiger partial charge is 0.320 e. The Kier molecular flexibility index (Phi) is 5.69. The van der Waals surface area contributed by atoms with E-state index in [1.165, 1.54) is 0 Å². The molecular formula is C12H21N3O2. The fourth-order valence-electron chi connectivity index (χ4n) is 1.75. The Morgan fingerprint density at radius 3 is 2.88 bits per heavy atom. The molecule has 1 atom stereocenters. The molecule has 96 valence electrons. The summed E-state index contributed by atoms with van der Waals surface area (Å²) in [5, 5.41) is 16.3. The van der Waals surface area contributed by atoms with Crippen LogP contribution in [0.25, 0.3) is 0 Å². The molecule has 0 saturated carbocycles. The van der Waals surface area contributed by atoms with Crippen LogP contribution in [0.15, 0.2) is 12.3 Å². The molecule has 0 spiro atoms. The first kappa shape index (κ1) is 13.7. The van der Waals surface area contributed by atoms with Gasteiger partial charge in [-0.1, -0.05) is 20.3 Å². The van der Waals surface area contributed by atoms with Crippen LogP contribution >= 0.6 is 0 Å². The van der Waals surface area contributed by atoms with Crippen LogP contribution < -0.4 is 5.32 Å². The van der Waals surface area contributed by atoms with E-state index in [9.17, 15) is 4.79 Å². The maximum absolute atomic E-state index is 11.0. The highest BCUT2D eigenvalue weighted by molar-refractivity contribution is 5.73. The maximum atomic E-state index is 11.0. The van der Waals surface area contributed by atoms with Crippen molar-refractivity contribution in [2.45, 2.75) is 52.2 Å². The lowest BCUT2D eigenvalue weighted by Crippen LogP contribution is -2.36. The minimum Gasteiger partial charge on any atom is -0.480 e. The molecule has 1 aromatic rings. The lowest BCUT2D eigenvalue weighted by Gasteiger charge is -2.14. The Bertz CT molecular complexity index is 349. The van der Waals surface area contributed by atoms with Gasteiger partial charge in [0.25, 0.3) is 0 Å². The van der Waals surface area contributed by atoms with Gasteiger partial charge in [0.15, 0.2) is 0 Å². The lowest BCUT2D eigenvalue weighted by molar-refractivity contribution is -0.139. The Morgan fingerprint density at radius 1 is 1.53 bits per heavy atom. The van der Waals surface area contributed by atoms with Crippen molar-refractivity contribution in [2.24, 2.45) is 0 Å². The molecule has 0 aliphatic heterocycles. The highest BCUT2D eigenvalue weighted by atomic mass is 16.4. The van der Waals surface area contributed by atoms with Crippen LogP contribution in [-0.2, 0) is 17.9 Å². The number of aliphatic carboxylic acids is 1. The fraction of sp³-hybridized carbons (Fsp3) is 0.667. The molecule has 1 heterocycles. The molecule has 1 rings (SSSR count). The molecule has 0 bridgehead atoms. The van der Waals surface area contributed by atoms with Gasteiger partial charge in [0, 0.05) is 19.3 Å². The van der Waals surface area contributed by atoms with Crippen molar-refractivity contribution in [3.05, 3.63) is 18.0 Å². The summed E-state index contributed by atoms with van der Waals surface area (Å²) >= 11 is 0. The quantitative estimate of drug-likeness (QED) is 0.723. The number of rotatable bonds is 8. The summed E-state index contributed by atoms with van der Waals surface area (Å²) in [6, 6.07) is 1.46. The first-order chi connectivity index (χ1) is 8.19. The van der Waals surface area contributed by atoms with Crippen molar-refractivity contribution >= 4 is 5.97 Å². The molecule has 0 radical (unpaired) electrons. The zero-order chi connectivity index (χ0) is 12.7. The summed E-state index contributed by atoms with van der Waals surface area (Å²) < 4.78 is 1.91. The molecule has 17 heavy (non-hydrogen) atoms. The van der Waals surface area contributed by atoms with E-state index in [2.05, 4.69) is 17.3 Å². The SMILES string of the molecule is CCCC(NCc1ccnn1CCC)C(=O)O. The van der Waals surface area contributed by atoms with Gasteiger partial charge in [-0.25, -0.2) is 0 Å². The average molecular weight is 239 g/mol. The van der Waals surface area contributed by atoms with E-state index in [0.717, 1.165) is 25.1 Å². The largest absolute Gasteiger partial charge is 0.480 e. The first-order valence-electron chi connectivity index (χ1n) is 6.15. The van der Waals surface area contributed by atoms with Gasteiger partial charge >= 0.3 is 5.97 Å². The second-order valence-corrected chi connectivity index (χ2v) is 4.11. The van der Waals surface area contributed by atoms with Gasteiger partial charge in [-0.2, -0.15) is 5.10 Å². The van der Waals surface area contributed by atoms with E-state index in [-0.39, 0.29) is 0 Å². The van der Waals surface area contributed by atoms with Crippen molar-refractivity contribution in [3.63, 3.8) is 0 Å². The number of hydrogen-bond acceptors (Lipinski definition) is 3. The molecule has 0 amide bonds. The topological polar surface area (TPSA) is 67.2 Å². The van der Waals surface area contributed by atoms with Crippen LogP contribution in [0.4, 0.5) is 0 Å². The number of carboxylic acids is 1. The fourth-order valence-corrected chi connectivity index (χ4v) is 1.75. The van der Waals surface area contributed by atoms with Gasteiger partial charge in [0.2, 0.25) is 0 Å². The van der Waals surface area contributed by atoms with Crippen LogP contribution in [0.3, 0.4) is 0 Å². The number of aromatic nitrogens is 2. The number of nitrogens with zero attached hydrogens (tertiary/aromatic N) is 2. The van der Waals surface area contributed by atoms with E-state index in [1.807, 2.05) is 17.7 Å². The van der Waals surface area contributed by atoms with Crippen molar-refractivity contribution in [1.29, 1.82) is 0 Å². The van der Waals surface area contributed by atoms with E-state index in [1.54, 1.807) is 6.20 Å². The Balaban J connectivity index is 2.52. The second kappa shape index (κ2) is 7.06. The van der Waals surface area contributed by atoms with Crippen LogP contribution in [0, 0.1) is 0 Å². The third-order valence-electron chi connectivity index (χ3n) is 2.64. The zero-order valence-corrected chi connectivity index (χ0v) is 10.5. The summed E-state index contributed by atoms with van der Waals surface area (Å²) in [5.41, 5.74) is 1.04. The van der Waals surface area contributed by atoms with Gasteiger partial charge in [0.05, 0.1) is 5.69 Å². The van der Waals surface area contributed by atoms with Crippen molar-refractivity contribution in [1.82, 2.24) is 15.1 Å². The normalized spacial score (nSPS) is 12.6. The van der Waals surface area contributed by atoms with Crippen LogP contribution in [0.1, 0.15) is 38.8 Å². The standard InChI is InChI=1S/C12H21N3O2/c1-3-5-11(12(16)17)13-9-10-6-7-14-15(10)8-4-2/h6-7,11,13H,3-5,8-9H2,1-2H3,(H,16,17). The zero-order valence-electron chi connectivity index (χ0n) is 10.5. The third kappa shape index (κ3) is 4.19. The molecule has 2 N–H and O–H groups in total. The highest BCUT2D eigenvalue weighted by Crippen LogP contribution is 2.03. The minimum atomic E-state index is -0.784. The number of aryl methyl sites for hydroxylation is 1. The molecular weight excluding hydrogens is 218 g/mol. The van der Waals surface area contributed by atoms with Gasteiger partial charge in [-0.05, 0) is 18.9 Å². The molecule has 0 fully saturated rings. The van der Waals surface area contributed by atoms with E-state index in [4.69, 9.17) is 5.11 Å². The lowest BCUT2D eigenvalue weighted by atomic mass is 10.1. The van der Waals surface area contributed by atoms with E-state index >= 15 is 0 Å². The molecule has 0 saturated heterocycles. The summed E-state index contributed by atoms with van der Waals surface area (Å²) in [7, 11) is 0. The predicted molar refractivity (Wildman–Crippen MR) is 65.7 cm³/mol. The van der Waals surface area contributed by atoms with Gasteiger partial charge in [-0.3, -0.25) is 14.8 Å². The molecule has 1 unspecified atom stereocenters. The highest BCUT2D eigenvalue weighted by Gasteiger charge is 2.15. The number of hydrogen-bond donors (Lipinski definition) is 2. The van der Waals surface area contributed by atoms with Crippen LogP contribution in [0.5, 0.6) is 0 Å². The van der Waals surface area contributed by atoms with Crippen molar-refractivity contribution in [2.75, 3.05) is 0 Å². The molecule has 5 heteroatoms.